The SMILES string of the molecule is CCN1CCc2nc(NC(=O)c3cccc(NC(=O)C4CC4)c3)sc2C1. The number of benzene rings is 1. The Morgan fingerprint density at radius 2 is 2.15 bits per heavy atom. The minimum absolute atomic E-state index is 0.0376. The van der Waals surface area contributed by atoms with E-state index in [-0.39, 0.29) is 17.7 Å². The van der Waals surface area contributed by atoms with E-state index in [0.29, 0.717) is 16.4 Å². The van der Waals surface area contributed by atoms with Gasteiger partial charge in [0.05, 0.1) is 5.69 Å². The lowest BCUT2D eigenvalue weighted by Crippen LogP contribution is -2.29. The molecule has 0 saturated heterocycles. The third kappa shape index (κ3) is 3.78. The van der Waals surface area contributed by atoms with Gasteiger partial charge < -0.3 is 5.32 Å². The maximum Gasteiger partial charge on any atom is 0.257 e. The van der Waals surface area contributed by atoms with Crippen LogP contribution in [0.3, 0.4) is 0 Å². The number of aromatic nitrogens is 1. The van der Waals surface area contributed by atoms with Gasteiger partial charge >= 0.3 is 0 Å². The van der Waals surface area contributed by atoms with Gasteiger partial charge in [0.2, 0.25) is 5.91 Å². The fraction of sp³-hybridized carbons (Fsp3) is 0.421. The smallest absolute Gasteiger partial charge is 0.257 e. The van der Waals surface area contributed by atoms with Crippen molar-refractivity contribution in [1.82, 2.24) is 9.88 Å². The van der Waals surface area contributed by atoms with Crippen LogP contribution in [0.1, 0.15) is 40.7 Å². The van der Waals surface area contributed by atoms with E-state index in [0.717, 1.165) is 44.6 Å². The van der Waals surface area contributed by atoms with Gasteiger partial charge in [-0.3, -0.25) is 19.8 Å². The van der Waals surface area contributed by atoms with Crippen molar-refractivity contribution in [3.63, 3.8) is 0 Å². The van der Waals surface area contributed by atoms with Crippen LogP contribution in [-0.4, -0.2) is 34.8 Å². The third-order valence-electron chi connectivity index (χ3n) is 4.82. The van der Waals surface area contributed by atoms with E-state index in [9.17, 15) is 9.59 Å². The first-order valence-corrected chi connectivity index (χ1v) is 9.87. The van der Waals surface area contributed by atoms with Crippen LogP contribution >= 0.6 is 11.3 Å². The van der Waals surface area contributed by atoms with E-state index >= 15 is 0 Å². The van der Waals surface area contributed by atoms with Crippen molar-refractivity contribution < 1.29 is 9.59 Å². The molecule has 0 atom stereocenters. The summed E-state index contributed by atoms with van der Waals surface area (Å²) in [5.41, 5.74) is 2.27. The van der Waals surface area contributed by atoms with Crippen LogP contribution in [0.15, 0.2) is 24.3 Å². The molecule has 0 spiro atoms. The van der Waals surface area contributed by atoms with E-state index in [4.69, 9.17) is 0 Å². The summed E-state index contributed by atoms with van der Waals surface area (Å²) in [6.07, 6.45) is 2.84. The molecule has 2 N–H and O–H groups in total. The molecular formula is C19H22N4O2S. The summed E-state index contributed by atoms with van der Waals surface area (Å²) < 4.78 is 0. The van der Waals surface area contributed by atoms with Crippen LogP contribution in [-0.2, 0) is 17.8 Å². The number of anilines is 2. The lowest BCUT2D eigenvalue weighted by Gasteiger charge is -2.23. The first kappa shape index (κ1) is 17.2. The Hall–Kier alpha value is -2.25. The van der Waals surface area contributed by atoms with Gasteiger partial charge in [-0.15, -0.1) is 11.3 Å². The van der Waals surface area contributed by atoms with Crippen molar-refractivity contribution in [3.8, 4) is 0 Å². The molecule has 1 saturated carbocycles. The van der Waals surface area contributed by atoms with Crippen LogP contribution in [0.5, 0.6) is 0 Å². The number of thiazole rings is 1. The lowest BCUT2D eigenvalue weighted by atomic mass is 10.2. The number of fused-ring (bicyclic) bond motifs is 1. The second kappa shape index (κ2) is 7.17. The molecule has 6 nitrogen and oxygen atoms in total. The Balaban J connectivity index is 1.43. The van der Waals surface area contributed by atoms with Gasteiger partial charge in [-0.25, -0.2) is 4.98 Å². The molecule has 0 bridgehead atoms. The normalized spacial score (nSPS) is 16.8. The maximum atomic E-state index is 12.6. The van der Waals surface area contributed by atoms with E-state index in [2.05, 4.69) is 27.4 Å². The van der Waals surface area contributed by atoms with Crippen molar-refractivity contribution in [2.24, 2.45) is 5.92 Å². The topological polar surface area (TPSA) is 74.3 Å². The number of hydrogen-bond acceptors (Lipinski definition) is 5. The first-order chi connectivity index (χ1) is 12.6. The molecule has 1 aromatic carbocycles. The largest absolute Gasteiger partial charge is 0.326 e. The summed E-state index contributed by atoms with van der Waals surface area (Å²) in [6.45, 7) is 5.10. The van der Waals surface area contributed by atoms with Crippen LogP contribution in [0.2, 0.25) is 0 Å². The Bertz CT molecular complexity index is 844. The van der Waals surface area contributed by atoms with Gasteiger partial charge in [-0.1, -0.05) is 13.0 Å². The first-order valence-electron chi connectivity index (χ1n) is 9.05. The maximum absolute atomic E-state index is 12.6. The average molecular weight is 370 g/mol. The molecule has 26 heavy (non-hydrogen) atoms. The second-order valence-corrected chi connectivity index (χ2v) is 7.89. The highest BCUT2D eigenvalue weighted by Gasteiger charge is 2.29. The summed E-state index contributed by atoms with van der Waals surface area (Å²) in [6, 6.07) is 7.04. The lowest BCUT2D eigenvalue weighted by molar-refractivity contribution is -0.117. The molecule has 136 valence electrons. The molecule has 1 aliphatic heterocycles. The Morgan fingerprint density at radius 3 is 2.92 bits per heavy atom. The van der Waals surface area contributed by atoms with Crippen molar-refractivity contribution in [2.75, 3.05) is 23.7 Å². The standard InChI is InChI=1S/C19H22N4O2S/c1-2-23-9-8-15-16(11-23)26-19(21-15)22-18(25)13-4-3-5-14(10-13)20-17(24)12-6-7-12/h3-5,10,12H,2,6-9,11H2,1H3,(H,20,24)(H,21,22,25). The van der Waals surface area contributed by atoms with E-state index in [1.165, 1.54) is 4.88 Å². The molecule has 1 fully saturated rings. The Labute approximate surface area is 156 Å². The minimum Gasteiger partial charge on any atom is -0.326 e. The van der Waals surface area contributed by atoms with E-state index in [1.54, 1.807) is 35.6 Å². The fourth-order valence-electron chi connectivity index (χ4n) is 3.07. The van der Waals surface area contributed by atoms with Gasteiger partial charge in [-0.2, -0.15) is 0 Å². The van der Waals surface area contributed by atoms with Gasteiger partial charge in [0.1, 0.15) is 0 Å². The number of nitrogens with one attached hydrogen (secondary N) is 2. The average Bonchev–Trinajstić information content (AvgIpc) is 3.42. The molecule has 2 aromatic rings. The van der Waals surface area contributed by atoms with Crippen molar-refractivity contribution in [1.29, 1.82) is 0 Å². The molecule has 4 rings (SSSR count). The highest BCUT2D eigenvalue weighted by molar-refractivity contribution is 7.15. The molecule has 2 aliphatic rings. The minimum atomic E-state index is -0.203. The third-order valence-corrected chi connectivity index (χ3v) is 5.82. The van der Waals surface area contributed by atoms with Crippen molar-refractivity contribution in [2.45, 2.75) is 32.7 Å². The second-order valence-electron chi connectivity index (χ2n) is 6.81. The quantitative estimate of drug-likeness (QED) is 0.848. The zero-order valence-corrected chi connectivity index (χ0v) is 15.6. The molecule has 1 aliphatic carbocycles. The van der Waals surface area contributed by atoms with Crippen molar-refractivity contribution in [3.05, 3.63) is 40.4 Å². The monoisotopic (exact) mass is 370 g/mol. The summed E-state index contributed by atoms with van der Waals surface area (Å²) in [5.74, 6) is -0.0293. The highest BCUT2D eigenvalue weighted by Crippen LogP contribution is 2.31. The number of nitrogens with zero attached hydrogens (tertiary/aromatic N) is 2. The van der Waals surface area contributed by atoms with Gasteiger partial charge in [0.15, 0.2) is 5.13 Å². The summed E-state index contributed by atoms with van der Waals surface area (Å²) in [4.78, 5) is 32.6. The molecule has 0 radical (unpaired) electrons. The molecule has 1 aromatic heterocycles. The Kier molecular flexibility index (Phi) is 4.74. The van der Waals surface area contributed by atoms with E-state index in [1.807, 2.05) is 0 Å². The number of carbonyl (C=O) groups excluding carboxylic acids is 2. The van der Waals surface area contributed by atoms with E-state index < -0.39 is 0 Å². The summed E-state index contributed by atoms with van der Waals surface area (Å²) >= 11 is 1.55. The predicted molar refractivity (Wildman–Crippen MR) is 103 cm³/mol. The fourth-order valence-corrected chi connectivity index (χ4v) is 4.11. The zero-order chi connectivity index (χ0) is 18.1. The molecule has 7 heteroatoms. The number of amides is 2. The van der Waals surface area contributed by atoms with Gasteiger partial charge in [-0.05, 0) is 37.6 Å². The number of hydrogen-bond donors (Lipinski definition) is 2. The molecule has 2 amide bonds. The Morgan fingerprint density at radius 1 is 1.31 bits per heavy atom. The van der Waals surface area contributed by atoms with Crippen LogP contribution in [0.25, 0.3) is 0 Å². The summed E-state index contributed by atoms with van der Waals surface area (Å²) in [5, 5.41) is 6.42. The predicted octanol–water partition coefficient (Wildman–Crippen LogP) is 3.12. The van der Waals surface area contributed by atoms with Crippen molar-refractivity contribution >= 4 is 34.0 Å². The van der Waals surface area contributed by atoms with Gasteiger partial charge in [0, 0.05) is 41.6 Å². The van der Waals surface area contributed by atoms with Crippen LogP contribution < -0.4 is 10.6 Å². The van der Waals surface area contributed by atoms with Gasteiger partial charge in [0.25, 0.3) is 5.91 Å². The molecular weight excluding hydrogens is 348 g/mol. The highest BCUT2D eigenvalue weighted by atomic mass is 32.1. The van der Waals surface area contributed by atoms with Crippen LogP contribution in [0.4, 0.5) is 10.8 Å². The number of carbonyl (C=O) groups is 2. The zero-order valence-electron chi connectivity index (χ0n) is 14.7. The summed E-state index contributed by atoms with van der Waals surface area (Å²) in [7, 11) is 0. The molecule has 0 unspecified atom stereocenters. The van der Waals surface area contributed by atoms with Crippen LogP contribution in [0, 0.1) is 5.92 Å². The number of rotatable bonds is 5. The number of likely N-dealkylation sites (N-methyl/N-ethyl adjacent to an activating group) is 1. The molecule has 2 heterocycles.